The molecule has 2 heterocycles. The lowest BCUT2D eigenvalue weighted by atomic mass is 9.85. The second-order valence-corrected chi connectivity index (χ2v) is 12.3. The van der Waals surface area contributed by atoms with Crippen molar-refractivity contribution in [1.82, 2.24) is 30.6 Å². The van der Waals surface area contributed by atoms with Gasteiger partial charge in [0, 0.05) is 31.2 Å². The molecule has 9 nitrogen and oxygen atoms in total. The van der Waals surface area contributed by atoms with Gasteiger partial charge in [0.1, 0.15) is 17.6 Å². The lowest BCUT2D eigenvalue weighted by molar-refractivity contribution is -0.140. The van der Waals surface area contributed by atoms with Gasteiger partial charge in [-0.1, -0.05) is 63.2 Å². The molecule has 0 aliphatic carbocycles. The van der Waals surface area contributed by atoms with Crippen molar-refractivity contribution in [3.05, 3.63) is 77.7 Å². The van der Waals surface area contributed by atoms with Crippen LogP contribution in [-0.4, -0.2) is 82.5 Å². The van der Waals surface area contributed by atoms with E-state index in [1.54, 1.807) is 37.1 Å². The molecule has 1 saturated heterocycles. The lowest BCUT2D eigenvalue weighted by Gasteiger charge is -2.37. The Morgan fingerprint density at radius 3 is 2.47 bits per heavy atom. The number of hydrogen-bond donors (Lipinski definition) is 3. The van der Waals surface area contributed by atoms with Gasteiger partial charge in [0.2, 0.25) is 11.8 Å². The van der Waals surface area contributed by atoms with E-state index in [1.807, 2.05) is 56.0 Å². The average molecular weight is 591 g/mol. The van der Waals surface area contributed by atoms with Crippen LogP contribution in [-0.2, 0) is 16.0 Å². The predicted octanol–water partition coefficient (Wildman–Crippen LogP) is 4.03. The molecular formula is C33H43FN6O3. The van der Waals surface area contributed by atoms with Gasteiger partial charge in [0.15, 0.2) is 0 Å². The monoisotopic (exact) mass is 590 g/mol. The average Bonchev–Trinajstić information content (AvgIpc) is 3.68. The van der Waals surface area contributed by atoms with Crippen molar-refractivity contribution >= 4 is 17.7 Å². The van der Waals surface area contributed by atoms with Crippen LogP contribution in [0.4, 0.5) is 4.39 Å². The molecule has 0 bridgehead atoms. The minimum absolute atomic E-state index is 0.148. The summed E-state index contributed by atoms with van der Waals surface area (Å²) in [6.45, 7) is 8.81. The van der Waals surface area contributed by atoms with Crippen LogP contribution in [0, 0.1) is 11.2 Å². The number of aromatic nitrogens is 2. The number of H-pyrrole nitrogens is 1. The minimum Gasteiger partial charge on any atom is -0.342 e. The van der Waals surface area contributed by atoms with Crippen LogP contribution >= 0.6 is 0 Å². The molecule has 1 aromatic heterocycles. The first kappa shape index (κ1) is 31.9. The maximum Gasteiger partial charge on any atom is 0.271 e. The van der Waals surface area contributed by atoms with E-state index >= 15 is 0 Å². The Bertz CT molecular complexity index is 1390. The fraction of sp³-hybridized carbons (Fsp3) is 0.455. The van der Waals surface area contributed by atoms with E-state index in [1.165, 1.54) is 12.1 Å². The first-order chi connectivity index (χ1) is 20.5. The number of carbonyl (C=O) groups excluding carboxylic acids is 3. The van der Waals surface area contributed by atoms with Crippen molar-refractivity contribution < 1.29 is 18.8 Å². The highest BCUT2D eigenvalue weighted by Crippen LogP contribution is 2.27. The van der Waals surface area contributed by atoms with Gasteiger partial charge in [-0.3, -0.25) is 19.5 Å². The number of aromatic amines is 1. The molecule has 43 heavy (non-hydrogen) atoms. The fourth-order valence-corrected chi connectivity index (χ4v) is 5.33. The summed E-state index contributed by atoms with van der Waals surface area (Å²) in [5.74, 6) is -0.923. The Hall–Kier alpha value is -4.05. The normalized spacial score (nSPS) is 16.5. The van der Waals surface area contributed by atoms with Crippen LogP contribution in [0.1, 0.15) is 56.6 Å². The molecule has 3 N–H and O–H groups in total. The molecule has 4 rings (SSSR count). The van der Waals surface area contributed by atoms with Gasteiger partial charge in [0.05, 0.1) is 11.7 Å². The second-order valence-electron chi connectivity index (χ2n) is 12.3. The van der Waals surface area contributed by atoms with Crippen LogP contribution in [0.3, 0.4) is 0 Å². The maximum atomic E-state index is 14.0. The molecule has 3 atom stereocenters. The van der Waals surface area contributed by atoms with E-state index in [9.17, 15) is 18.8 Å². The van der Waals surface area contributed by atoms with Crippen molar-refractivity contribution in [3.8, 4) is 11.3 Å². The van der Waals surface area contributed by atoms with Crippen LogP contribution in [0.25, 0.3) is 11.3 Å². The van der Waals surface area contributed by atoms with E-state index in [2.05, 4.69) is 20.8 Å². The fourth-order valence-electron chi connectivity index (χ4n) is 5.33. The largest absolute Gasteiger partial charge is 0.342 e. The molecule has 3 unspecified atom stereocenters. The molecule has 2 aromatic carbocycles. The number of nitrogens with zero attached hydrogens (tertiary/aromatic N) is 3. The molecule has 0 spiro atoms. The van der Waals surface area contributed by atoms with Gasteiger partial charge < -0.3 is 20.4 Å². The Kier molecular flexibility index (Phi) is 10.3. The summed E-state index contributed by atoms with van der Waals surface area (Å²) in [6, 6.07) is 16.2. The quantitative estimate of drug-likeness (QED) is 0.312. The molecule has 1 fully saturated rings. The van der Waals surface area contributed by atoms with Crippen LogP contribution in [0.2, 0.25) is 0 Å². The minimum atomic E-state index is -0.721. The zero-order valence-electron chi connectivity index (χ0n) is 25.7. The molecule has 10 heteroatoms. The molecule has 0 saturated carbocycles. The maximum absolute atomic E-state index is 14.0. The van der Waals surface area contributed by atoms with E-state index in [0.717, 1.165) is 24.0 Å². The number of halogens is 1. The van der Waals surface area contributed by atoms with Gasteiger partial charge >= 0.3 is 0 Å². The summed E-state index contributed by atoms with van der Waals surface area (Å²) < 4.78 is 13.5. The van der Waals surface area contributed by atoms with Crippen LogP contribution in [0.5, 0.6) is 0 Å². The predicted molar refractivity (Wildman–Crippen MR) is 165 cm³/mol. The first-order valence-corrected chi connectivity index (χ1v) is 14.9. The third-order valence-electron chi connectivity index (χ3n) is 8.07. The smallest absolute Gasteiger partial charge is 0.271 e. The summed E-state index contributed by atoms with van der Waals surface area (Å²) >= 11 is 0. The highest BCUT2D eigenvalue weighted by molar-refractivity contribution is 5.94. The summed E-state index contributed by atoms with van der Waals surface area (Å²) in [4.78, 5) is 44.2. The van der Waals surface area contributed by atoms with Crippen molar-refractivity contribution in [2.24, 2.45) is 5.41 Å². The number of rotatable bonds is 11. The molecule has 3 aromatic rings. The summed E-state index contributed by atoms with van der Waals surface area (Å²) in [5.41, 5.74) is 2.30. The summed E-state index contributed by atoms with van der Waals surface area (Å²) in [7, 11) is 1.70. The Labute approximate surface area is 253 Å². The standard InChI is InChI=1S/C33H43FN6O3/c1-22(35-5)30(41)36-29(33(2,3)4)32(43)40-18-9-12-26(40)21-39(19-17-23-13-15-25(34)16-14-23)31(42)28-20-27(37-38-28)24-10-7-6-8-11-24/h6-8,10-11,13-16,20,22,26,29,35H,9,12,17-19,21H2,1-5H3,(H,36,41)(H,37,38). The third kappa shape index (κ3) is 8.07. The Balaban J connectivity index is 1.56. The van der Waals surface area contributed by atoms with Crippen LogP contribution in [0.15, 0.2) is 60.7 Å². The Morgan fingerprint density at radius 2 is 1.81 bits per heavy atom. The first-order valence-electron chi connectivity index (χ1n) is 14.9. The number of carbonyl (C=O) groups is 3. The molecular weight excluding hydrogens is 547 g/mol. The molecule has 0 radical (unpaired) electrons. The zero-order chi connectivity index (χ0) is 31.1. The van der Waals surface area contributed by atoms with Gasteiger partial charge in [0.25, 0.3) is 5.91 Å². The van der Waals surface area contributed by atoms with Crippen LogP contribution < -0.4 is 10.6 Å². The molecule has 1 aliphatic heterocycles. The molecule has 1 aliphatic rings. The molecule has 230 valence electrons. The Morgan fingerprint density at radius 1 is 1.12 bits per heavy atom. The van der Waals surface area contributed by atoms with E-state index < -0.39 is 17.5 Å². The third-order valence-corrected chi connectivity index (χ3v) is 8.07. The SMILES string of the molecule is CNC(C)C(=O)NC(C(=O)N1CCCC1CN(CCc1ccc(F)cc1)C(=O)c1cc(-c2ccccc2)n[nH]1)C(C)(C)C. The number of nitrogens with one attached hydrogen (secondary N) is 3. The van der Waals surface area contributed by atoms with Crippen molar-refractivity contribution in [2.75, 3.05) is 26.7 Å². The van der Waals surface area contributed by atoms with Crippen molar-refractivity contribution in [3.63, 3.8) is 0 Å². The van der Waals surface area contributed by atoms with Gasteiger partial charge in [-0.2, -0.15) is 5.10 Å². The topological polar surface area (TPSA) is 110 Å². The molecule has 3 amide bonds. The summed E-state index contributed by atoms with van der Waals surface area (Å²) in [5, 5.41) is 13.2. The number of likely N-dealkylation sites (N-methyl/N-ethyl adjacent to an activating group) is 1. The van der Waals surface area contributed by atoms with E-state index in [0.29, 0.717) is 37.4 Å². The number of benzene rings is 2. The number of hydrogen-bond acceptors (Lipinski definition) is 5. The number of likely N-dealkylation sites (tertiary alicyclic amines) is 1. The van der Waals surface area contributed by atoms with E-state index in [-0.39, 0.29) is 29.6 Å². The van der Waals surface area contributed by atoms with Gasteiger partial charge in [-0.15, -0.1) is 0 Å². The van der Waals surface area contributed by atoms with Crippen molar-refractivity contribution in [2.45, 2.75) is 65.1 Å². The summed E-state index contributed by atoms with van der Waals surface area (Å²) in [6.07, 6.45) is 2.06. The van der Waals surface area contributed by atoms with Gasteiger partial charge in [-0.25, -0.2) is 4.39 Å². The number of amides is 3. The highest BCUT2D eigenvalue weighted by Gasteiger charge is 2.41. The second kappa shape index (κ2) is 13.9. The van der Waals surface area contributed by atoms with E-state index in [4.69, 9.17) is 0 Å². The van der Waals surface area contributed by atoms with Gasteiger partial charge in [-0.05, 0) is 62.4 Å². The zero-order valence-corrected chi connectivity index (χ0v) is 25.7. The highest BCUT2D eigenvalue weighted by atomic mass is 19.1. The van der Waals surface area contributed by atoms with Crippen molar-refractivity contribution in [1.29, 1.82) is 0 Å². The lowest BCUT2D eigenvalue weighted by Crippen LogP contribution is -2.59.